The van der Waals surface area contributed by atoms with Gasteiger partial charge in [-0.05, 0) is 24.0 Å². The van der Waals surface area contributed by atoms with Crippen LogP contribution in [0.5, 0.6) is 0 Å². The standard InChI is InChI=1S/C23H21F3N8O2/c24-23(25,26)13-30-18(35)12-34-11-16(10-31-34)19-32-20(33-36-19)22(6-1-7-22)17-4-2-14(3-5-17)15-8-28-21(27)29-9-15/h2-5,8-11H,1,6-7,12-13H2,(H,30,35)(H2,27,28,29). The molecule has 1 aliphatic carbocycles. The highest BCUT2D eigenvalue weighted by Crippen LogP contribution is 2.48. The summed E-state index contributed by atoms with van der Waals surface area (Å²) in [4.78, 5) is 24.4. The van der Waals surface area contributed by atoms with Crippen LogP contribution in [0.4, 0.5) is 19.1 Å². The van der Waals surface area contributed by atoms with E-state index in [1.807, 2.05) is 24.3 Å². The Morgan fingerprint density at radius 1 is 1.08 bits per heavy atom. The van der Waals surface area contributed by atoms with E-state index in [4.69, 9.17) is 10.3 Å². The number of rotatable bonds is 7. The number of nitrogens with two attached hydrogens (primary N) is 1. The second-order valence-electron chi connectivity index (χ2n) is 8.58. The summed E-state index contributed by atoms with van der Waals surface area (Å²) in [5.41, 5.74) is 8.50. The minimum Gasteiger partial charge on any atom is -0.368 e. The molecule has 10 nitrogen and oxygen atoms in total. The van der Waals surface area contributed by atoms with E-state index >= 15 is 0 Å². The topological polar surface area (TPSA) is 138 Å². The summed E-state index contributed by atoms with van der Waals surface area (Å²) >= 11 is 0. The molecule has 3 heterocycles. The molecule has 0 radical (unpaired) electrons. The van der Waals surface area contributed by atoms with Gasteiger partial charge in [0.1, 0.15) is 13.1 Å². The summed E-state index contributed by atoms with van der Waals surface area (Å²) < 4.78 is 43.5. The summed E-state index contributed by atoms with van der Waals surface area (Å²) in [6.45, 7) is -1.77. The summed E-state index contributed by atoms with van der Waals surface area (Å²) in [5, 5.41) is 10.0. The van der Waals surface area contributed by atoms with E-state index in [1.54, 1.807) is 17.7 Å². The highest BCUT2D eigenvalue weighted by atomic mass is 19.4. The number of carbonyl (C=O) groups is 1. The molecule has 3 N–H and O–H groups in total. The lowest BCUT2D eigenvalue weighted by atomic mass is 9.64. The molecule has 1 saturated carbocycles. The number of nitrogens with one attached hydrogen (secondary N) is 1. The zero-order chi connectivity index (χ0) is 25.3. The second kappa shape index (κ2) is 9.06. The maximum absolute atomic E-state index is 12.3. The van der Waals surface area contributed by atoms with Crippen LogP contribution >= 0.6 is 0 Å². The van der Waals surface area contributed by atoms with E-state index in [-0.39, 0.29) is 23.8 Å². The van der Waals surface area contributed by atoms with Crippen molar-refractivity contribution in [3.05, 3.63) is 60.4 Å². The molecule has 5 rings (SSSR count). The van der Waals surface area contributed by atoms with Crippen LogP contribution in [0, 0.1) is 0 Å². The highest BCUT2D eigenvalue weighted by Gasteiger charge is 2.44. The van der Waals surface area contributed by atoms with E-state index in [1.165, 1.54) is 17.1 Å². The van der Waals surface area contributed by atoms with Crippen LogP contribution in [0.15, 0.2) is 53.6 Å². The number of hydrogen-bond donors (Lipinski definition) is 2. The van der Waals surface area contributed by atoms with Crippen molar-refractivity contribution in [1.29, 1.82) is 0 Å². The molecule has 0 spiro atoms. The third kappa shape index (κ3) is 4.76. The minimum absolute atomic E-state index is 0.215. The van der Waals surface area contributed by atoms with Crippen LogP contribution in [-0.2, 0) is 16.8 Å². The Morgan fingerprint density at radius 2 is 1.81 bits per heavy atom. The van der Waals surface area contributed by atoms with Crippen LogP contribution in [0.2, 0.25) is 0 Å². The molecule has 0 unspecified atom stereocenters. The first kappa shape index (κ1) is 23.5. The average molecular weight is 498 g/mol. The van der Waals surface area contributed by atoms with Gasteiger partial charge in [-0.25, -0.2) is 9.97 Å². The smallest absolute Gasteiger partial charge is 0.368 e. The van der Waals surface area contributed by atoms with Gasteiger partial charge >= 0.3 is 6.18 Å². The number of amides is 1. The Bertz CT molecular complexity index is 1360. The summed E-state index contributed by atoms with van der Waals surface area (Å²) in [7, 11) is 0. The van der Waals surface area contributed by atoms with Crippen molar-refractivity contribution in [2.45, 2.75) is 37.4 Å². The van der Waals surface area contributed by atoms with E-state index < -0.39 is 18.6 Å². The molecule has 13 heteroatoms. The monoisotopic (exact) mass is 498 g/mol. The molecular formula is C23H21F3N8O2. The van der Waals surface area contributed by atoms with Crippen molar-refractivity contribution >= 4 is 11.9 Å². The number of alkyl halides is 3. The molecule has 3 aromatic heterocycles. The van der Waals surface area contributed by atoms with Crippen LogP contribution in [0.3, 0.4) is 0 Å². The molecule has 1 aliphatic rings. The first-order valence-electron chi connectivity index (χ1n) is 11.1. The predicted octanol–water partition coefficient (Wildman–Crippen LogP) is 3.12. The van der Waals surface area contributed by atoms with Gasteiger partial charge in [-0.1, -0.05) is 35.8 Å². The number of anilines is 1. The van der Waals surface area contributed by atoms with Gasteiger partial charge < -0.3 is 15.6 Å². The Labute approximate surface area is 202 Å². The third-order valence-corrected chi connectivity index (χ3v) is 6.18. The van der Waals surface area contributed by atoms with Gasteiger partial charge in [-0.2, -0.15) is 23.3 Å². The Hall–Kier alpha value is -4.29. The quantitative estimate of drug-likeness (QED) is 0.396. The zero-order valence-corrected chi connectivity index (χ0v) is 18.9. The van der Waals surface area contributed by atoms with Crippen molar-refractivity contribution in [3.8, 4) is 22.6 Å². The minimum atomic E-state index is -4.48. The van der Waals surface area contributed by atoms with E-state index in [9.17, 15) is 18.0 Å². The molecule has 4 aromatic rings. The number of benzene rings is 1. The molecule has 1 amide bonds. The van der Waals surface area contributed by atoms with Crippen LogP contribution in [-0.4, -0.2) is 48.5 Å². The molecule has 0 aliphatic heterocycles. The summed E-state index contributed by atoms with van der Waals surface area (Å²) in [5.74, 6) is 0.166. The predicted molar refractivity (Wildman–Crippen MR) is 121 cm³/mol. The van der Waals surface area contributed by atoms with Crippen LogP contribution < -0.4 is 11.1 Å². The van der Waals surface area contributed by atoms with E-state index in [0.29, 0.717) is 11.4 Å². The van der Waals surface area contributed by atoms with Gasteiger partial charge in [-0.15, -0.1) is 0 Å². The first-order chi connectivity index (χ1) is 17.2. The first-order valence-corrected chi connectivity index (χ1v) is 11.1. The van der Waals surface area contributed by atoms with Gasteiger partial charge in [0.15, 0.2) is 5.82 Å². The Balaban J connectivity index is 1.31. The molecule has 0 bridgehead atoms. The van der Waals surface area contributed by atoms with Crippen molar-refractivity contribution in [3.63, 3.8) is 0 Å². The molecule has 186 valence electrons. The van der Waals surface area contributed by atoms with Crippen molar-refractivity contribution in [2.75, 3.05) is 12.3 Å². The van der Waals surface area contributed by atoms with Gasteiger partial charge in [0.2, 0.25) is 11.9 Å². The Morgan fingerprint density at radius 3 is 2.44 bits per heavy atom. The Kier molecular flexibility index (Phi) is 5.90. The number of aromatic nitrogens is 6. The van der Waals surface area contributed by atoms with Crippen molar-refractivity contribution in [1.82, 2.24) is 35.2 Å². The molecule has 1 fully saturated rings. The number of nitrogens with zero attached hydrogens (tertiary/aromatic N) is 6. The average Bonchev–Trinajstić information content (AvgIpc) is 3.48. The summed E-state index contributed by atoms with van der Waals surface area (Å²) in [6.07, 6.45) is 4.48. The fourth-order valence-electron chi connectivity index (χ4n) is 4.14. The fourth-order valence-corrected chi connectivity index (χ4v) is 4.14. The van der Waals surface area contributed by atoms with Gasteiger partial charge in [-0.3, -0.25) is 9.48 Å². The maximum Gasteiger partial charge on any atom is 0.405 e. The number of hydrogen-bond acceptors (Lipinski definition) is 8. The lowest BCUT2D eigenvalue weighted by Gasteiger charge is -2.39. The van der Waals surface area contributed by atoms with Gasteiger partial charge in [0.25, 0.3) is 5.89 Å². The SMILES string of the molecule is Nc1ncc(-c2ccc(C3(c4noc(-c5cnn(CC(=O)NCC(F)(F)F)c5)n4)CCC3)cc2)cn1. The van der Waals surface area contributed by atoms with Crippen LogP contribution in [0.25, 0.3) is 22.6 Å². The van der Waals surface area contributed by atoms with E-state index in [2.05, 4.69) is 25.2 Å². The zero-order valence-electron chi connectivity index (χ0n) is 18.9. The lowest BCUT2D eigenvalue weighted by Crippen LogP contribution is -2.36. The number of halogens is 3. The number of nitrogen functional groups attached to an aromatic ring is 1. The van der Waals surface area contributed by atoms with E-state index in [0.717, 1.165) is 36.0 Å². The lowest BCUT2D eigenvalue weighted by molar-refractivity contribution is -0.138. The number of carbonyl (C=O) groups excluding carboxylic acids is 1. The molecule has 0 saturated heterocycles. The van der Waals surface area contributed by atoms with Crippen molar-refractivity contribution in [2.24, 2.45) is 0 Å². The second-order valence-corrected chi connectivity index (χ2v) is 8.58. The molecular weight excluding hydrogens is 477 g/mol. The molecule has 1 aromatic carbocycles. The maximum atomic E-state index is 12.3. The normalized spacial score (nSPS) is 14.9. The van der Waals surface area contributed by atoms with Crippen LogP contribution in [0.1, 0.15) is 30.7 Å². The molecule has 36 heavy (non-hydrogen) atoms. The highest BCUT2D eigenvalue weighted by molar-refractivity contribution is 5.75. The largest absolute Gasteiger partial charge is 0.405 e. The van der Waals surface area contributed by atoms with Gasteiger partial charge in [0.05, 0.1) is 17.2 Å². The van der Waals surface area contributed by atoms with Crippen molar-refractivity contribution < 1.29 is 22.5 Å². The summed E-state index contributed by atoms with van der Waals surface area (Å²) in [6, 6.07) is 8.02. The van der Waals surface area contributed by atoms with Gasteiger partial charge in [0, 0.05) is 24.2 Å². The third-order valence-electron chi connectivity index (χ3n) is 6.18. The fraction of sp³-hybridized carbons (Fsp3) is 0.304. The molecule has 0 atom stereocenters.